The second kappa shape index (κ2) is 5.67. The number of hydrogen-bond acceptors (Lipinski definition) is 1. The lowest BCUT2D eigenvalue weighted by atomic mass is 10.4. The average Bonchev–Trinajstić information content (AvgIpc) is 1.98. The third-order valence-electron chi connectivity index (χ3n) is 1.39. The van der Waals surface area contributed by atoms with E-state index in [4.69, 9.17) is 23.2 Å². The van der Waals surface area contributed by atoms with Gasteiger partial charge in [0.2, 0.25) is 5.91 Å². The lowest BCUT2D eigenvalue weighted by molar-refractivity contribution is -0.130. The SMILES string of the molecule is CCN(CCCl)C(=O)C(C)Cl. The van der Waals surface area contributed by atoms with Crippen LogP contribution in [0.3, 0.4) is 0 Å². The fourth-order valence-corrected chi connectivity index (χ4v) is 1.12. The van der Waals surface area contributed by atoms with Crippen LogP contribution in [0.2, 0.25) is 0 Å². The second-order valence-corrected chi connectivity index (χ2v) is 3.26. The summed E-state index contributed by atoms with van der Waals surface area (Å²) in [4.78, 5) is 12.8. The van der Waals surface area contributed by atoms with E-state index in [-0.39, 0.29) is 5.91 Å². The molecule has 0 saturated carbocycles. The Hall–Kier alpha value is 0.0500. The molecule has 1 unspecified atom stereocenters. The highest BCUT2D eigenvalue weighted by molar-refractivity contribution is 6.30. The summed E-state index contributed by atoms with van der Waals surface area (Å²) in [7, 11) is 0. The zero-order valence-corrected chi connectivity index (χ0v) is 8.32. The molecule has 0 aromatic heterocycles. The zero-order chi connectivity index (χ0) is 8.85. The van der Waals surface area contributed by atoms with Crippen LogP contribution < -0.4 is 0 Å². The number of halogens is 2. The van der Waals surface area contributed by atoms with Gasteiger partial charge in [-0.1, -0.05) is 0 Å². The van der Waals surface area contributed by atoms with Crippen molar-refractivity contribution in [1.29, 1.82) is 0 Å². The molecule has 0 saturated heterocycles. The van der Waals surface area contributed by atoms with E-state index >= 15 is 0 Å². The molecule has 0 bridgehead atoms. The Morgan fingerprint density at radius 1 is 1.64 bits per heavy atom. The quantitative estimate of drug-likeness (QED) is 0.629. The van der Waals surface area contributed by atoms with E-state index in [1.54, 1.807) is 11.8 Å². The minimum absolute atomic E-state index is 0.0465. The normalized spacial score (nSPS) is 12.7. The fraction of sp³-hybridized carbons (Fsp3) is 0.857. The van der Waals surface area contributed by atoms with Gasteiger partial charge in [-0.15, -0.1) is 23.2 Å². The summed E-state index contributed by atoms with van der Waals surface area (Å²) in [5.41, 5.74) is 0. The summed E-state index contributed by atoms with van der Waals surface area (Å²) in [6, 6.07) is 0. The van der Waals surface area contributed by atoms with Crippen molar-refractivity contribution < 1.29 is 4.79 Å². The molecule has 11 heavy (non-hydrogen) atoms. The second-order valence-electron chi connectivity index (χ2n) is 2.22. The molecule has 1 amide bonds. The van der Waals surface area contributed by atoms with Crippen LogP contribution in [0.25, 0.3) is 0 Å². The summed E-state index contributed by atoms with van der Waals surface area (Å²) >= 11 is 11.1. The Bertz CT molecular complexity index is 128. The van der Waals surface area contributed by atoms with Gasteiger partial charge in [0, 0.05) is 19.0 Å². The van der Waals surface area contributed by atoms with Crippen LogP contribution in [0.5, 0.6) is 0 Å². The van der Waals surface area contributed by atoms with Gasteiger partial charge in [0.05, 0.1) is 0 Å². The molecule has 0 aliphatic heterocycles. The summed E-state index contributed by atoms with van der Waals surface area (Å²) in [6.07, 6.45) is 0. The molecular weight excluding hydrogens is 185 g/mol. The number of alkyl halides is 2. The monoisotopic (exact) mass is 197 g/mol. The largest absolute Gasteiger partial charge is 0.341 e. The summed E-state index contributed by atoms with van der Waals surface area (Å²) in [5.74, 6) is 0.415. The first-order chi connectivity index (χ1) is 5.13. The van der Waals surface area contributed by atoms with Crippen molar-refractivity contribution in [2.24, 2.45) is 0 Å². The number of hydrogen-bond donors (Lipinski definition) is 0. The van der Waals surface area contributed by atoms with Crippen LogP contribution >= 0.6 is 23.2 Å². The predicted octanol–water partition coefficient (Wildman–Crippen LogP) is 1.70. The molecular formula is C7H13Cl2NO. The first kappa shape index (κ1) is 11.1. The molecule has 0 radical (unpaired) electrons. The third-order valence-corrected chi connectivity index (χ3v) is 1.74. The van der Waals surface area contributed by atoms with Gasteiger partial charge in [-0.25, -0.2) is 0 Å². The molecule has 1 atom stereocenters. The van der Waals surface area contributed by atoms with Gasteiger partial charge in [0.1, 0.15) is 5.38 Å². The smallest absolute Gasteiger partial charge is 0.240 e. The molecule has 2 nitrogen and oxygen atoms in total. The van der Waals surface area contributed by atoms with E-state index < -0.39 is 5.38 Å². The topological polar surface area (TPSA) is 20.3 Å². The Morgan fingerprint density at radius 3 is 2.45 bits per heavy atom. The van der Waals surface area contributed by atoms with Crippen molar-refractivity contribution in [3.05, 3.63) is 0 Å². The van der Waals surface area contributed by atoms with Gasteiger partial charge in [0.15, 0.2) is 0 Å². The van der Waals surface area contributed by atoms with Crippen molar-refractivity contribution in [3.8, 4) is 0 Å². The minimum atomic E-state index is -0.446. The van der Waals surface area contributed by atoms with E-state index in [2.05, 4.69) is 0 Å². The highest BCUT2D eigenvalue weighted by Gasteiger charge is 2.15. The van der Waals surface area contributed by atoms with E-state index in [1.165, 1.54) is 0 Å². The molecule has 0 aromatic carbocycles. The molecule has 0 aromatic rings. The molecule has 0 heterocycles. The van der Waals surface area contributed by atoms with Crippen LogP contribution in [0, 0.1) is 0 Å². The lowest BCUT2D eigenvalue weighted by Crippen LogP contribution is -2.36. The lowest BCUT2D eigenvalue weighted by Gasteiger charge is -2.20. The average molecular weight is 198 g/mol. The molecule has 0 aliphatic rings. The molecule has 4 heteroatoms. The number of amides is 1. The maximum absolute atomic E-state index is 11.2. The Kier molecular flexibility index (Phi) is 5.69. The summed E-state index contributed by atoms with van der Waals surface area (Å²) in [6.45, 7) is 4.82. The number of carbonyl (C=O) groups excluding carboxylic acids is 1. The van der Waals surface area contributed by atoms with E-state index in [9.17, 15) is 4.79 Å². The van der Waals surface area contributed by atoms with Gasteiger partial charge in [-0.05, 0) is 13.8 Å². The molecule has 66 valence electrons. The van der Waals surface area contributed by atoms with Gasteiger partial charge in [-0.2, -0.15) is 0 Å². The molecule has 0 aliphatic carbocycles. The van der Waals surface area contributed by atoms with E-state index in [1.807, 2.05) is 6.92 Å². The molecule has 0 fully saturated rings. The number of rotatable bonds is 4. The highest BCUT2D eigenvalue weighted by atomic mass is 35.5. The van der Waals surface area contributed by atoms with Crippen LogP contribution in [0.1, 0.15) is 13.8 Å². The Labute approximate surface area is 77.5 Å². The van der Waals surface area contributed by atoms with Crippen LogP contribution in [-0.2, 0) is 4.79 Å². The maximum Gasteiger partial charge on any atom is 0.240 e. The Balaban J connectivity index is 3.92. The minimum Gasteiger partial charge on any atom is -0.341 e. The van der Waals surface area contributed by atoms with Gasteiger partial charge >= 0.3 is 0 Å². The van der Waals surface area contributed by atoms with Gasteiger partial charge in [-0.3, -0.25) is 4.79 Å². The van der Waals surface area contributed by atoms with Gasteiger partial charge < -0.3 is 4.90 Å². The van der Waals surface area contributed by atoms with E-state index in [0.29, 0.717) is 19.0 Å². The maximum atomic E-state index is 11.2. The van der Waals surface area contributed by atoms with E-state index in [0.717, 1.165) is 0 Å². The third kappa shape index (κ3) is 3.82. The number of nitrogens with zero attached hydrogens (tertiary/aromatic N) is 1. The van der Waals surface area contributed by atoms with Crippen LogP contribution in [0.15, 0.2) is 0 Å². The van der Waals surface area contributed by atoms with Gasteiger partial charge in [0.25, 0.3) is 0 Å². The first-order valence-electron chi connectivity index (χ1n) is 3.62. The summed E-state index contributed by atoms with van der Waals surface area (Å²) in [5, 5.41) is -0.446. The van der Waals surface area contributed by atoms with Crippen molar-refractivity contribution in [2.45, 2.75) is 19.2 Å². The van der Waals surface area contributed by atoms with Crippen LogP contribution in [0.4, 0.5) is 0 Å². The Morgan fingerprint density at radius 2 is 2.18 bits per heavy atom. The highest BCUT2D eigenvalue weighted by Crippen LogP contribution is 2.01. The summed E-state index contributed by atoms with van der Waals surface area (Å²) < 4.78 is 0. The zero-order valence-electron chi connectivity index (χ0n) is 6.81. The molecule has 0 rings (SSSR count). The molecule has 0 spiro atoms. The van der Waals surface area contributed by atoms with Crippen molar-refractivity contribution in [2.75, 3.05) is 19.0 Å². The van der Waals surface area contributed by atoms with Crippen LogP contribution in [-0.4, -0.2) is 35.2 Å². The first-order valence-corrected chi connectivity index (χ1v) is 4.59. The van der Waals surface area contributed by atoms with Crippen molar-refractivity contribution >= 4 is 29.1 Å². The predicted molar refractivity (Wildman–Crippen MR) is 48.3 cm³/mol. The standard InChI is InChI=1S/C7H13Cl2NO/c1-3-10(5-4-8)7(11)6(2)9/h6H,3-5H2,1-2H3. The fourth-order valence-electron chi connectivity index (χ4n) is 0.778. The number of carbonyl (C=O) groups is 1. The van der Waals surface area contributed by atoms with Crippen molar-refractivity contribution in [3.63, 3.8) is 0 Å². The van der Waals surface area contributed by atoms with Crippen molar-refractivity contribution in [1.82, 2.24) is 4.90 Å². The molecule has 0 N–H and O–H groups in total.